The molecule has 0 atom stereocenters. The highest BCUT2D eigenvalue weighted by Gasteiger charge is 2.36. The van der Waals surface area contributed by atoms with Crippen LogP contribution in [0, 0.1) is 13.8 Å². The normalized spacial score (nSPS) is 11.9. The molecule has 12 heteroatoms. The molecule has 0 aromatic heterocycles. The lowest BCUT2D eigenvalue weighted by atomic mass is 9.84. The molecule has 0 unspecified atom stereocenters. The number of hydrogen-bond donors (Lipinski definition) is 6. The molecule has 6 N–H and O–H groups in total. The Morgan fingerprint density at radius 1 is 0.176 bits per heavy atom. The van der Waals surface area contributed by atoms with Gasteiger partial charge in [-0.05, 0) is 362 Å². The smallest absolute Gasteiger partial charge is 0.167 e. The predicted molar refractivity (Wildman–Crippen MR) is 572 cm³/mol. The zero-order valence-electron chi connectivity index (χ0n) is 78.4. The van der Waals surface area contributed by atoms with Crippen LogP contribution in [0.5, 0.6) is 34.5 Å². The zero-order chi connectivity index (χ0) is 95.2. The number of phenols is 6. The predicted octanol–water partition coefficient (Wildman–Crippen LogP) is 32.2. The van der Waals surface area contributed by atoms with E-state index in [1.54, 1.807) is 72.8 Å². The lowest BCUT2D eigenvalue weighted by Gasteiger charge is -2.22. The SMILES string of the molecule is CC(C)(C)c1ccc([S+](c2ccccc2)c2ccc(C(C)(C)C)cc2)cc1.Cc1cc(C)cc([S+](c2ccccc2)c2ccccc2)c1.Oc1ccc([S+](c2ccc(O)cc2)c2ccc(O)cc2)cc1.Oc1ccc([S+](c2ccccc2)c2ccc(O)cc2)cc1.Oc1ccc([S+](c2ccccc2)c2ccccc2)cc1.c1ccc([S+](c2ccccc2)c2ccc(C3CCCCC3)cc2)cc1. The summed E-state index contributed by atoms with van der Waals surface area (Å²) in [6.07, 6.45) is 6.93. The highest BCUT2D eigenvalue weighted by molar-refractivity contribution is 7.98. The molecular formula is C124H120O6S6+6. The Bertz CT molecular complexity index is 6240. The number of hydrogen-bond acceptors (Lipinski definition) is 6. The highest BCUT2D eigenvalue weighted by atomic mass is 32.2. The van der Waals surface area contributed by atoms with Gasteiger partial charge in [0.05, 0.1) is 65.4 Å². The third-order valence-corrected chi connectivity index (χ3v) is 36.1. The standard InChI is InChI=1S/C26H31S.C24H25S.C20H19S.C18H14O3S.C18H14O2S.C18H14OS/c1-25(2,3)20-12-16-23(17-13-20)27(22-10-8-7-9-11-22)24-18-14-21(15-19-24)26(4,5)6;1-4-10-20(11-5-1)21-16-18-24(19-17-21)25(22-12-6-2-7-13-22)23-14-8-3-9-15-23;1-16-13-17(2)15-20(14-16)21(18-9-5-3-6-10-18)19-11-7-4-8-12-19;19-13-1-7-16(8-2-13)22(17-9-3-14(20)4-10-17)18-11-5-15(21)6-12-18;19-14-6-10-17(11-7-14)21(16-4-2-1-3-5-16)18-12-8-15(20)9-13-18;19-15-11-13-18(14-12-15)20(16-7-3-1-4-8-16)17-9-5-2-6-10-17/h7-19H,1-6H3;2-3,6-9,12-20H,1,4-5,10-11H2;3-15H,1-2H3;1-12H,(H2-,19,20,21);1-13H,(H-,19,20);1-14H/q3*+1;;;/p+3. The van der Waals surface area contributed by atoms with Crippen molar-refractivity contribution in [3.8, 4) is 34.5 Å². The second kappa shape index (κ2) is 48.9. The summed E-state index contributed by atoms with van der Waals surface area (Å²) in [6, 6.07) is 164. The number of benzene rings is 18. The molecule has 0 aliphatic heterocycles. The molecule has 1 aliphatic rings. The van der Waals surface area contributed by atoms with Crippen molar-refractivity contribution < 1.29 is 30.6 Å². The van der Waals surface area contributed by atoms with Crippen LogP contribution in [-0.4, -0.2) is 30.6 Å². The fourth-order valence-electron chi connectivity index (χ4n) is 15.9. The van der Waals surface area contributed by atoms with Crippen molar-refractivity contribution in [3.05, 3.63) is 507 Å². The molecule has 136 heavy (non-hydrogen) atoms. The fourth-order valence-corrected chi connectivity index (χ4v) is 28.6. The van der Waals surface area contributed by atoms with Gasteiger partial charge in [0, 0.05) is 0 Å². The number of aryl methyl sites for hydroxylation is 2. The summed E-state index contributed by atoms with van der Waals surface area (Å²) in [4.78, 5) is 22.8. The van der Waals surface area contributed by atoms with Gasteiger partial charge in [-0.2, -0.15) is 0 Å². The Labute approximate surface area is 823 Å². The summed E-state index contributed by atoms with van der Waals surface area (Å²) >= 11 is 0. The monoisotopic (exact) mass is 1900 g/mol. The molecule has 0 amide bonds. The van der Waals surface area contributed by atoms with Crippen LogP contribution in [0.4, 0.5) is 0 Å². The summed E-state index contributed by atoms with van der Waals surface area (Å²) in [5, 5.41) is 56.9. The van der Waals surface area contributed by atoms with E-state index in [2.05, 4.69) is 359 Å². The molecule has 6 nitrogen and oxygen atoms in total. The van der Waals surface area contributed by atoms with Crippen molar-refractivity contribution >= 4 is 65.4 Å². The molecule has 18 aromatic carbocycles. The van der Waals surface area contributed by atoms with E-state index >= 15 is 0 Å². The van der Waals surface area contributed by atoms with E-state index in [0.717, 1.165) is 30.4 Å². The van der Waals surface area contributed by atoms with Gasteiger partial charge in [-0.3, -0.25) is 0 Å². The number of rotatable bonds is 19. The quantitative estimate of drug-likeness (QED) is 0.0449. The number of phenolic OH excluding ortho intramolecular Hbond substituents is 6. The Morgan fingerprint density at radius 2 is 0.331 bits per heavy atom. The van der Waals surface area contributed by atoms with E-state index in [1.807, 2.05) is 103 Å². The fraction of sp³-hybridized carbons (Fsp3) is 0.129. The van der Waals surface area contributed by atoms with E-state index in [1.165, 1.54) is 124 Å². The number of aromatic hydroxyl groups is 6. The van der Waals surface area contributed by atoms with Gasteiger partial charge in [-0.25, -0.2) is 0 Å². The van der Waals surface area contributed by atoms with Gasteiger partial charge in [0.25, 0.3) is 0 Å². The van der Waals surface area contributed by atoms with E-state index in [9.17, 15) is 30.6 Å². The van der Waals surface area contributed by atoms with Crippen molar-refractivity contribution in [2.75, 3.05) is 0 Å². The van der Waals surface area contributed by atoms with E-state index in [0.29, 0.717) is 5.75 Å². The molecular weight excluding hydrogens is 1780 g/mol. The Hall–Kier alpha value is -13.1. The van der Waals surface area contributed by atoms with Crippen molar-refractivity contribution in [1.82, 2.24) is 0 Å². The molecule has 19 rings (SSSR count). The maximum Gasteiger partial charge on any atom is 0.167 e. The Morgan fingerprint density at radius 3 is 0.507 bits per heavy atom. The topological polar surface area (TPSA) is 121 Å². The first kappa shape index (κ1) is 98.8. The minimum absolute atomic E-state index is 0.0278. The van der Waals surface area contributed by atoms with Gasteiger partial charge >= 0.3 is 0 Å². The van der Waals surface area contributed by atoms with Crippen LogP contribution < -0.4 is 0 Å². The summed E-state index contributed by atoms with van der Waals surface area (Å²) in [5.74, 6) is 2.29. The Kier molecular flexibility index (Phi) is 35.5. The van der Waals surface area contributed by atoms with Crippen molar-refractivity contribution in [3.63, 3.8) is 0 Å². The minimum Gasteiger partial charge on any atom is -0.508 e. The molecule has 1 aliphatic carbocycles. The maximum atomic E-state index is 9.49. The Balaban J connectivity index is 0.000000131. The third-order valence-electron chi connectivity index (χ3n) is 22.8. The van der Waals surface area contributed by atoms with Gasteiger partial charge < -0.3 is 30.6 Å². The van der Waals surface area contributed by atoms with Gasteiger partial charge in [-0.1, -0.05) is 249 Å². The average Bonchev–Trinajstić information content (AvgIpc) is 0.794. The molecule has 1 fully saturated rings. The van der Waals surface area contributed by atoms with Crippen molar-refractivity contribution in [2.45, 2.75) is 192 Å². The summed E-state index contributed by atoms with van der Waals surface area (Å²) in [7, 11) is -0.908. The summed E-state index contributed by atoms with van der Waals surface area (Å²) in [5.41, 5.74) is 7.31. The first-order chi connectivity index (χ1) is 66.0. The molecule has 1 saturated carbocycles. The van der Waals surface area contributed by atoms with Gasteiger partial charge in [0.1, 0.15) is 34.5 Å². The average molecular weight is 1900 g/mol. The van der Waals surface area contributed by atoms with Crippen LogP contribution in [0.25, 0.3) is 0 Å². The maximum absolute atomic E-state index is 9.49. The van der Waals surface area contributed by atoms with E-state index < -0.39 is 0 Å². The molecule has 0 heterocycles. The van der Waals surface area contributed by atoms with Gasteiger partial charge in [0.15, 0.2) is 88.1 Å². The molecule has 0 spiro atoms. The second-order valence-corrected chi connectivity index (χ2v) is 47.2. The largest absolute Gasteiger partial charge is 0.508 e. The van der Waals surface area contributed by atoms with Crippen LogP contribution in [-0.2, 0) is 76.2 Å². The summed E-state index contributed by atoms with van der Waals surface area (Å²) in [6.45, 7) is 18.0. The molecule has 0 radical (unpaired) electrons. The van der Waals surface area contributed by atoms with Crippen molar-refractivity contribution in [2.24, 2.45) is 0 Å². The molecule has 682 valence electrons. The van der Waals surface area contributed by atoms with Crippen LogP contribution in [0.1, 0.15) is 107 Å². The van der Waals surface area contributed by atoms with Crippen LogP contribution in [0.15, 0.2) is 567 Å². The van der Waals surface area contributed by atoms with Crippen LogP contribution in [0.2, 0.25) is 0 Å². The first-order valence-corrected chi connectivity index (χ1v) is 53.4. The first-order valence-electron chi connectivity index (χ1n) is 46.0. The zero-order valence-corrected chi connectivity index (χ0v) is 83.3. The van der Waals surface area contributed by atoms with Crippen molar-refractivity contribution in [1.29, 1.82) is 0 Å². The lowest BCUT2D eigenvalue weighted by Crippen LogP contribution is -2.12. The third kappa shape index (κ3) is 28.0. The second-order valence-electron chi connectivity index (χ2n) is 35.1. The van der Waals surface area contributed by atoms with Gasteiger partial charge in [-0.15, -0.1) is 0 Å². The van der Waals surface area contributed by atoms with Crippen LogP contribution >= 0.6 is 0 Å². The van der Waals surface area contributed by atoms with Crippen LogP contribution in [0.3, 0.4) is 0 Å². The lowest BCUT2D eigenvalue weighted by molar-refractivity contribution is 0.443. The minimum atomic E-state index is -0.373. The summed E-state index contributed by atoms with van der Waals surface area (Å²) < 4.78 is 0. The van der Waals surface area contributed by atoms with Gasteiger partial charge in [0.2, 0.25) is 0 Å². The molecule has 0 bridgehead atoms. The molecule has 0 saturated heterocycles. The van der Waals surface area contributed by atoms with E-state index in [4.69, 9.17) is 0 Å². The molecule has 18 aromatic rings. The van der Waals surface area contributed by atoms with E-state index in [-0.39, 0.29) is 105 Å². The highest BCUT2D eigenvalue weighted by Crippen LogP contribution is 2.42.